The Morgan fingerprint density at radius 3 is 2.38 bits per heavy atom. The third-order valence-corrected chi connectivity index (χ3v) is 1.57. The molecule has 72 valence electrons. The first kappa shape index (κ1) is 11.8. The van der Waals surface area contributed by atoms with E-state index in [0.717, 1.165) is 5.69 Å². The van der Waals surface area contributed by atoms with E-state index in [1.807, 2.05) is 30.3 Å². The Hall–Kier alpha value is -1.22. The highest BCUT2D eigenvalue weighted by molar-refractivity contribution is 5.85. The second-order valence-electron chi connectivity index (χ2n) is 2.59. The zero-order valence-electron chi connectivity index (χ0n) is 7.30. The standard InChI is InChI=1S/C9H11NO2.ClH/c1-10(7-9(11)12)8-5-3-2-4-6-8;/h2-6H,7H2,1H3,(H,11,12);1H. The highest BCUT2D eigenvalue weighted by atomic mass is 35.5. The largest absolute Gasteiger partial charge is 0.480 e. The van der Waals surface area contributed by atoms with Crippen LogP contribution in [-0.2, 0) is 4.79 Å². The van der Waals surface area contributed by atoms with Crippen LogP contribution in [0.15, 0.2) is 30.3 Å². The number of nitrogens with zero attached hydrogens (tertiary/aromatic N) is 1. The van der Waals surface area contributed by atoms with Crippen LogP contribution in [0.5, 0.6) is 0 Å². The van der Waals surface area contributed by atoms with E-state index in [1.54, 1.807) is 11.9 Å². The van der Waals surface area contributed by atoms with Gasteiger partial charge in [-0.15, -0.1) is 12.4 Å². The predicted molar refractivity (Wildman–Crippen MR) is 54.6 cm³/mol. The first-order valence-electron chi connectivity index (χ1n) is 3.68. The summed E-state index contributed by atoms with van der Waals surface area (Å²) < 4.78 is 0. The van der Waals surface area contributed by atoms with Crippen LogP contribution in [-0.4, -0.2) is 24.7 Å². The molecule has 0 aliphatic heterocycles. The Labute approximate surface area is 83.4 Å². The molecule has 0 atom stereocenters. The molecule has 0 fully saturated rings. The highest BCUT2D eigenvalue weighted by Gasteiger charge is 2.03. The molecule has 0 aromatic heterocycles. The molecular formula is C9H12ClNO2. The van der Waals surface area contributed by atoms with Crippen LogP contribution in [0.1, 0.15) is 0 Å². The SMILES string of the molecule is CN(CC(=O)O)c1ccccc1.Cl. The Morgan fingerprint density at radius 1 is 1.38 bits per heavy atom. The van der Waals surface area contributed by atoms with Crippen molar-refractivity contribution in [2.24, 2.45) is 0 Å². The summed E-state index contributed by atoms with van der Waals surface area (Å²) in [5.41, 5.74) is 0.917. The van der Waals surface area contributed by atoms with Crippen LogP contribution in [0.25, 0.3) is 0 Å². The molecule has 0 spiro atoms. The first-order chi connectivity index (χ1) is 5.70. The minimum absolute atomic E-state index is 0. The summed E-state index contributed by atoms with van der Waals surface area (Å²) >= 11 is 0. The number of aliphatic carboxylic acids is 1. The Kier molecular flexibility index (Phi) is 4.92. The van der Waals surface area contributed by atoms with Gasteiger partial charge in [0.1, 0.15) is 6.54 Å². The number of hydrogen-bond acceptors (Lipinski definition) is 2. The van der Waals surface area contributed by atoms with Gasteiger partial charge in [0.25, 0.3) is 0 Å². The molecule has 0 heterocycles. The van der Waals surface area contributed by atoms with E-state index in [0.29, 0.717) is 0 Å². The lowest BCUT2D eigenvalue weighted by Gasteiger charge is -2.15. The second kappa shape index (κ2) is 5.43. The third kappa shape index (κ3) is 3.80. The molecule has 0 unspecified atom stereocenters. The summed E-state index contributed by atoms with van der Waals surface area (Å²) in [7, 11) is 1.75. The van der Waals surface area contributed by atoms with Crippen LogP contribution in [0, 0.1) is 0 Å². The molecule has 13 heavy (non-hydrogen) atoms. The number of anilines is 1. The van der Waals surface area contributed by atoms with E-state index in [1.165, 1.54) is 0 Å². The predicted octanol–water partition coefficient (Wildman–Crippen LogP) is 1.63. The van der Waals surface area contributed by atoms with Gasteiger partial charge in [-0.05, 0) is 12.1 Å². The van der Waals surface area contributed by atoms with E-state index < -0.39 is 5.97 Å². The smallest absolute Gasteiger partial charge is 0.323 e. The summed E-state index contributed by atoms with van der Waals surface area (Å²) in [6.07, 6.45) is 0. The third-order valence-electron chi connectivity index (χ3n) is 1.57. The molecule has 0 amide bonds. The second-order valence-corrected chi connectivity index (χ2v) is 2.59. The maximum absolute atomic E-state index is 10.3. The Balaban J connectivity index is 0.00000144. The van der Waals surface area contributed by atoms with Gasteiger partial charge >= 0.3 is 5.97 Å². The van der Waals surface area contributed by atoms with Crippen molar-refractivity contribution in [3.8, 4) is 0 Å². The quantitative estimate of drug-likeness (QED) is 0.808. The van der Waals surface area contributed by atoms with Gasteiger partial charge in [-0.1, -0.05) is 18.2 Å². The lowest BCUT2D eigenvalue weighted by molar-refractivity contribution is -0.135. The summed E-state index contributed by atoms with van der Waals surface area (Å²) in [6, 6.07) is 9.42. The molecule has 1 aromatic rings. The minimum Gasteiger partial charge on any atom is -0.480 e. The number of likely N-dealkylation sites (N-methyl/N-ethyl adjacent to an activating group) is 1. The molecule has 0 saturated carbocycles. The summed E-state index contributed by atoms with van der Waals surface area (Å²) in [6.45, 7) is 0.0318. The Morgan fingerprint density at radius 2 is 1.92 bits per heavy atom. The monoisotopic (exact) mass is 201 g/mol. The first-order valence-corrected chi connectivity index (χ1v) is 3.68. The normalized spacial score (nSPS) is 8.69. The van der Waals surface area contributed by atoms with Crippen molar-refractivity contribution in [3.05, 3.63) is 30.3 Å². The minimum atomic E-state index is -0.818. The molecule has 4 heteroatoms. The van der Waals surface area contributed by atoms with Crippen molar-refractivity contribution < 1.29 is 9.90 Å². The number of hydrogen-bond donors (Lipinski definition) is 1. The van der Waals surface area contributed by atoms with Crippen LogP contribution >= 0.6 is 12.4 Å². The molecule has 1 N–H and O–H groups in total. The average Bonchev–Trinajstić information content (AvgIpc) is 2.05. The summed E-state index contributed by atoms with van der Waals surface area (Å²) in [5.74, 6) is -0.818. The van der Waals surface area contributed by atoms with Gasteiger partial charge < -0.3 is 10.0 Å². The van der Waals surface area contributed by atoms with Crippen molar-refractivity contribution in [3.63, 3.8) is 0 Å². The lowest BCUT2D eigenvalue weighted by atomic mass is 10.3. The van der Waals surface area contributed by atoms with Crippen molar-refractivity contribution in [1.82, 2.24) is 0 Å². The van der Waals surface area contributed by atoms with Crippen molar-refractivity contribution >= 4 is 24.1 Å². The van der Waals surface area contributed by atoms with Gasteiger partial charge in [-0.3, -0.25) is 4.79 Å². The molecule has 0 bridgehead atoms. The number of carbonyl (C=O) groups is 1. The maximum Gasteiger partial charge on any atom is 0.323 e. The number of benzene rings is 1. The number of rotatable bonds is 3. The lowest BCUT2D eigenvalue weighted by Crippen LogP contribution is -2.24. The molecule has 0 aliphatic rings. The van der Waals surface area contributed by atoms with E-state index in [9.17, 15) is 4.79 Å². The maximum atomic E-state index is 10.3. The average molecular weight is 202 g/mol. The van der Waals surface area contributed by atoms with Crippen LogP contribution in [0.2, 0.25) is 0 Å². The highest BCUT2D eigenvalue weighted by Crippen LogP contribution is 2.09. The number of halogens is 1. The zero-order valence-corrected chi connectivity index (χ0v) is 8.12. The van der Waals surface area contributed by atoms with Crippen molar-refractivity contribution in [2.45, 2.75) is 0 Å². The molecule has 3 nitrogen and oxygen atoms in total. The fourth-order valence-electron chi connectivity index (χ4n) is 0.977. The van der Waals surface area contributed by atoms with Gasteiger partial charge in [-0.2, -0.15) is 0 Å². The Bertz CT molecular complexity index is 264. The van der Waals surface area contributed by atoms with Gasteiger partial charge in [0.15, 0.2) is 0 Å². The van der Waals surface area contributed by atoms with Crippen molar-refractivity contribution in [1.29, 1.82) is 0 Å². The van der Waals surface area contributed by atoms with Gasteiger partial charge in [0, 0.05) is 12.7 Å². The molecular weight excluding hydrogens is 190 g/mol. The van der Waals surface area contributed by atoms with Crippen LogP contribution < -0.4 is 4.90 Å². The fraction of sp³-hybridized carbons (Fsp3) is 0.222. The van der Waals surface area contributed by atoms with Gasteiger partial charge in [0.05, 0.1) is 0 Å². The van der Waals surface area contributed by atoms with Crippen LogP contribution in [0.4, 0.5) is 5.69 Å². The fourth-order valence-corrected chi connectivity index (χ4v) is 0.977. The molecule has 0 aliphatic carbocycles. The van der Waals surface area contributed by atoms with Crippen LogP contribution in [0.3, 0.4) is 0 Å². The van der Waals surface area contributed by atoms with E-state index in [-0.39, 0.29) is 19.0 Å². The van der Waals surface area contributed by atoms with E-state index in [2.05, 4.69) is 0 Å². The van der Waals surface area contributed by atoms with Gasteiger partial charge in [0.2, 0.25) is 0 Å². The molecule has 1 rings (SSSR count). The number of carboxylic acid groups (broad SMARTS) is 1. The summed E-state index contributed by atoms with van der Waals surface area (Å²) in [5, 5.41) is 8.50. The number of para-hydroxylation sites is 1. The van der Waals surface area contributed by atoms with Crippen molar-refractivity contribution in [2.75, 3.05) is 18.5 Å². The topological polar surface area (TPSA) is 40.5 Å². The van der Waals surface area contributed by atoms with E-state index in [4.69, 9.17) is 5.11 Å². The number of carboxylic acids is 1. The zero-order chi connectivity index (χ0) is 8.97. The molecule has 1 aromatic carbocycles. The molecule has 0 saturated heterocycles. The summed E-state index contributed by atoms with van der Waals surface area (Å²) in [4.78, 5) is 12.0. The van der Waals surface area contributed by atoms with E-state index >= 15 is 0 Å². The molecule has 0 radical (unpaired) electrons. The van der Waals surface area contributed by atoms with Gasteiger partial charge in [-0.25, -0.2) is 0 Å².